The minimum Gasteiger partial charge on any atom is -0.497 e. The highest BCUT2D eigenvalue weighted by Gasteiger charge is 2.43. The standard InChI is InChI=1S/C26H27N3O3/c1-17-14-21-23(30)16-26(32-24(21)15-18(17)2)10-12-29(13-11-26)25-9-8-22(27-28-25)19-4-6-20(31-3)7-5-19/h4-9,14-15H,10-13,16H2,1-3H3. The molecule has 32 heavy (non-hydrogen) atoms. The number of nitrogens with zero attached hydrogens (tertiary/aromatic N) is 3. The SMILES string of the molecule is COc1ccc(-c2ccc(N3CCC4(CC3)CC(=O)c3cc(C)c(C)cc3O4)nn2)cc1. The Morgan fingerprint density at radius 3 is 2.34 bits per heavy atom. The van der Waals surface area contributed by atoms with E-state index in [0.717, 1.165) is 71.2 Å². The fourth-order valence-corrected chi connectivity index (χ4v) is 4.58. The van der Waals surface area contributed by atoms with Crippen LogP contribution in [0.25, 0.3) is 11.3 Å². The summed E-state index contributed by atoms with van der Waals surface area (Å²) in [5.74, 6) is 2.59. The second kappa shape index (κ2) is 7.93. The third-order valence-corrected chi connectivity index (χ3v) is 6.74. The van der Waals surface area contributed by atoms with Crippen LogP contribution in [0.1, 0.15) is 40.7 Å². The zero-order valence-corrected chi connectivity index (χ0v) is 18.7. The molecule has 6 heteroatoms. The normalized spacial score (nSPS) is 17.1. The summed E-state index contributed by atoms with van der Waals surface area (Å²) < 4.78 is 11.7. The number of methoxy groups -OCH3 is 1. The molecule has 0 bridgehead atoms. The van der Waals surface area contributed by atoms with Crippen molar-refractivity contribution in [2.45, 2.75) is 38.7 Å². The lowest BCUT2D eigenvalue weighted by Gasteiger charge is -2.44. The van der Waals surface area contributed by atoms with Gasteiger partial charge in [-0.15, -0.1) is 10.2 Å². The van der Waals surface area contributed by atoms with Crippen molar-refractivity contribution in [2.24, 2.45) is 0 Å². The number of ketones is 1. The van der Waals surface area contributed by atoms with E-state index < -0.39 is 5.60 Å². The molecular weight excluding hydrogens is 402 g/mol. The van der Waals surface area contributed by atoms with Gasteiger partial charge >= 0.3 is 0 Å². The van der Waals surface area contributed by atoms with Crippen molar-refractivity contribution < 1.29 is 14.3 Å². The van der Waals surface area contributed by atoms with Gasteiger partial charge in [0.1, 0.15) is 17.1 Å². The Kier molecular flexibility index (Phi) is 5.08. The van der Waals surface area contributed by atoms with Gasteiger partial charge in [-0.25, -0.2) is 0 Å². The fourth-order valence-electron chi connectivity index (χ4n) is 4.58. The quantitative estimate of drug-likeness (QED) is 0.597. The summed E-state index contributed by atoms with van der Waals surface area (Å²) in [4.78, 5) is 15.1. The summed E-state index contributed by atoms with van der Waals surface area (Å²) in [7, 11) is 1.65. The second-order valence-electron chi connectivity index (χ2n) is 8.81. The number of Topliss-reactive ketones (excluding diaryl/α,β-unsaturated/α-hetero) is 1. The van der Waals surface area contributed by atoms with Crippen molar-refractivity contribution in [2.75, 3.05) is 25.1 Å². The smallest absolute Gasteiger partial charge is 0.170 e. The van der Waals surface area contributed by atoms with Gasteiger partial charge < -0.3 is 14.4 Å². The predicted octanol–water partition coefficient (Wildman–Crippen LogP) is 4.77. The first-order valence-corrected chi connectivity index (χ1v) is 11.0. The number of aryl methyl sites for hydroxylation is 2. The zero-order chi connectivity index (χ0) is 22.3. The van der Waals surface area contributed by atoms with Crippen LogP contribution in [-0.4, -0.2) is 41.8 Å². The number of piperidine rings is 1. The second-order valence-corrected chi connectivity index (χ2v) is 8.81. The molecule has 164 valence electrons. The Bertz CT molecular complexity index is 1150. The van der Waals surface area contributed by atoms with Crippen LogP contribution in [-0.2, 0) is 0 Å². The molecule has 0 unspecified atom stereocenters. The van der Waals surface area contributed by atoms with E-state index in [1.54, 1.807) is 7.11 Å². The number of hydrogen-bond acceptors (Lipinski definition) is 6. The Balaban J connectivity index is 1.28. The number of benzene rings is 2. The molecule has 2 aliphatic rings. The molecule has 1 fully saturated rings. The molecule has 3 aromatic rings. The van der Waals surface area contributed by atoms with Gasteiger partial charge in [-0.3, -0.25) is 4.79 Å². The predicted molar refractivity (Wildman–Crippen MR) is 124 cm³/mol. The number of anilines is 1. The number of carbonyl (C=O) groups excluding carboxylic acids is 1. The van der Waals surface area contributed by atoms with Crippen LogP contribution in [0.2, 0.25) is 0 Å². The van der Waals surface area contributed by atoms with Crippen LogP contribution >= 0.6 is 0 Å². The number of hydrogen-bond donors (Lipinski definition) is 0. The number of carbonyl (C=O) groups is 1. The third-order valence-electron chi connectivity index (χ3n) is 6.74. The van der Waals surface area contributed by atoms with Crippen LogP contribution in [0.4, 0.5) is 5.82 Å². The van der Waals surface area contributed by atoms with Crippen LogP contribution in [0.15, 0.2) is 48.5 Å². The van der Waals surface area contributed by atoms with E-state index in [1.165, 1.54) is 0 Å². The monoisotopic (exact) mass is 429 g/mol. The Hall–Kier alpha value is -3.41. The average Bonchev–Trinajstić information content (AvgIpc) is 2.81. The van der Waals surface area contributed by atoms with E-state index in [4.69, 9.17) is 9.47 Å². The molecule has 3 heterocycles. The van der Waals surface area contributed by atoms with Crippen molar-refractivity contribution in [3.05, 3.63) is 65.2 Å². The summed E-state index contributed by atoms with van der Waals surface area (Å²) in [6.07, 6.45) is 2.01. The van der Waals surface area contributed by atoms with Crippen molar-refractivity contribution in [3.8, 4) is 22.8 Å². The van der Waals surface area contributed by atoms with Gasteiger partial charge in [0.05, 0.1) is 24.8 Å². The van der Waals surface area contributed by atoms with Crippen molar-refractivity contribution >= 4 is 11.6 Å². The van der Waals surface area contributed by atoms with E-state index in [9.17, 15) is 4.79 Å². The first-order valence-electron chi connectivity index (χ1n) is 11.0. The highest BCUT2D eigenvalue weighted by Crippen LogP contribution is 2.41. The molecular formula is C26H27N3O3. The molecule has 2 aliphatic heterocycles. The maximum Gasteiger partial charge on any atom is 0.170 e. The third kappa shape index (κ3) is 3.70. The minimum atomic E-state index is -0.418. The van der Waals surface area contributed by atoms with Crippen molar-refractivity contribution in [1.82, 2.24) is 10.2 Å². The van der Waals surface area contributed by atoms with Crippen molar-refractivity contribution in [3.63, 3.8) is 0 Å². The molecule has 6 nitrogen and oxygen atoms in total. The number of fused-ring (bicyclic) bond motifs is 1. The van der Waals surface area contributed by atoms with E-state index in [1.807, 2.05) is 55.5 Å². The lowest BCUT2D eigenvalue weighted by Crippen LogP contribution is -2.51. The minimum absolute atomic E-state index is 0.187. The maximum atomic E-state index is 12.9. The lowest BCUT2D eigenvalue weighted by molar-refractivity contribution is 0.0230. The van der Waals surface area contributed by atoms with Gasteiger partial charge in [-0.05, 0) is 73.5 Å². The van der Waals surface area contributed by atoms with Crippen LogP contribution < -0.4 is 14.4 Å². The maximum absolute atomic E-state index is 12.9. The highest BCUT2D eigenvalue weighted by atomic mass is 16.5. The van der Waals surface area contributed by atoms with Gasteiger partial charge in [0.2, 0.25) is 0 Å². The molecule has 0 amide bonds. The van der Waals surface area contributed by atoms with Gasteiger partial charge in [0.25, 0.3) is 0 Å². The number of rotatable bonds is 3. The first kappa shape index (κ1) is 20.5. The summed E-state index contributed by atoms with van der Waals surface area (Å²) >= 11 is 0. The molecule has 0 radical (unpaired) electrons. The largest absolute Gasteiger partial charge is 0.497 e. The molecule has 1 spiro atoms. The Morgan fingerprint density at radius 1 is 0.969 bits per heavy atom. The summed E-state index contributed by atoms with van der Waals surface area (Å²) in [5.41, 5.74) is 4.41. The Morgan fingerprint density at radius 2 is 1.69 bits per heavy atom. The molecule has 1 saturated heterocycles. The first-order chi connectivity index (χ1) is 15.5. The van der Waals surface area contributed by atoms with E-state index in [0.29, 0.717) is 6.42 Å². The van der Waals surface area contributed by atoms with E-state index in [2.05, 4.69) is 22.0 Å². The summed E-state index contributed by atoms with van der Waals surface area (Å²) in [6.45, 7) is 5.66. The summed E-state index contributed by atoms with van der Waals surface area (Å²) in [6, 6.07) is 15.8. The topological polar surface area (TPSA) is 64.5 Å². The Labute approximate surface area is 188 Å². The molecule has 0 saturated carbocycles. The molecule has 0 N–H and O–H groups in total. The fraction of sp³-hybridized carbons (Fsp3) is 0.346. The zero-order valence-electron chi connectivity index (χ0n) is 18.7. The average molecular weight is 430 g/mol. The van der Waals surface area contributed by atoms with E-state index >= 15 is 0 Å². The molecule has 5 rings (SSSR count). The number of ether oxygens (including phenoxy) is 2. The highest BCUT2D eigenvalue weighted by molar-refractivity contribution is 6.00. The van der Waals surface area contributed by atoms with Crippen molar-refractivity contribution in [1.29, 1.82) is 0 Å². The molecule has 0 aliphatic carbocycles. The molecule has 2 aromatic carbocycles. The van der Waals surface area contributed by atoms with Crippen LogP contribution in [0, 0.1) is 13.8 Å². The van der Waals surface area contributed by atoms with Crippen LogP contribution in [0.3, 0.4) is 0 Å². The van der Waals surface area contributed by atoms with E-state index in [-0.39, 0.29) is 5.78 Å². The molecule has 1 aromatic heterocycles. The lowest BCUT2D eigenvalue weighted by atomic mass is 9.82. The van der Waals surface area contributed by atoms with Gasteiger partial charge in [-0.2, -0.15) is 0 Å². The summed E-state index contributed by atoms with van der Waals surface area (Å²) in [5, 5.41) is 8.89. The van der Waals surface area contributed by atoms with Gasteiger partial charge in [-0.1, -0.05) is 0 Å². The molecule has 0 atom stereocenters. The number of aromatic nitrogens is 2. The van der Waals surface area contributed by atoms with Gasteiger partial charge in [0.15, 0.2) is 11.6 Å². The van der Waals surface area contributed by atoms with Crippen LogP contribution in [0.5, 0.6) is 11.5 Å². The van der Waals surface area contributed by atoms with Gasteiger partial charge in [0, 0.05) is 31.5 Å².